The monoisotopic (exact) mass is 320 g/mol. The van der Waals surface area contributed by atoms with Gasteiger partial charge in [-0.25, -0.2) is 0 Å². The fraction of sp³-hybridized carbons (Fsp3) is 0.333. The lowest BCUT2D eigenvalue weighted by atomic mass is 10.1. The second kappa shape index (κ2) is 5.70. The van der Waals surface area contributed by atoms with Crippen molar-refractivity contribution in [1.29, 1.82) is 0 Å². The summed E-state index contributed by atoms with van der Waals surface area (Å²) in [6.07, 6.45) is 1.77. The van der Waals surface area contributed by atoms with Crippen LogP contribution in [0.4, 0.5) is 5.69 Å². The second-order valence-corrected chi connectivity index (χ2v) is 5.95. The maximum atomic E-state index is 12.1. The SMILES string of the molecule is Cc1ccc(NC(=O)C(Br)C(C)C)c2cccnc12. The number of alkyl halides is 1. The van der Waals surface area contributed by atoms with E-state index in [4.69, 9.17) is 0 Å². The topological polar surface area (TPSA) is 42.0 Å². The molecular weight excluding hydrogens is 304 g/mol. The highest BCUT2D eigenvalue weighted by Crippen LogP contribution is 2.25. The molecule has 1 aromatic heterocycles. The molecule has 1 amide bonds. The summed E-state index contributed by atoms with van der Waals surface area (Å²) in [7, 11) is 0. The van der Waals surface area contributed by atoms with Gasteiger partial charge in [0.1, 0.15) is 0 Å². The molecule has 0 aliphatic rings. The van der Waals surface area contributed by atoms with Crippen molar-refractivity contribution >= 4 is 38.4 Å². The number of aryl methyl sites for hydroxylation is 1. The van der Waals surface area contributed by atoms with Gasteiger partial charge in [-0.05, 0) is 36.6 Å². The molecule has 19 heavy (non-hydrogen) atoms. The van der Waals surface area contributed by atoms with Gasteiger partial charge in [0, 0.05) is 11.6 Å². The molecule has 1 atom stereocenters. The summed E-state index contributed by atoms with van der Waals surface area (Å²) in [5.41, 5.74) is 2.84. The van der Waals surface area contributed by atoms with Gasteiger partial charge in [-0.1, -0.05) is 35.8 Å². The van der Waals surface area contributed by atoms with Crippen LogP contribution in [0.2, 0.25) is 0 Å². The first-order valence-corrected chi connectivity index (χ1v) is 7.21. The smallest absolute Gasteiger partial charge is 0.238 e. The molecule has 0 saturated heterocycles. The van der Waals surface area contributed by atoms with Crippen LogP contribution in [-0.4, -0.2) is 15.7 Å². The van der Waals surface area contributed by atoms with E-state index in [9.17, 15) is 4.79 Å². The Hall–Kier alpha value is -1.42. The fourth-order valence-corrected chi connectivity index (χ4v) is 2.04. The van der Waals surface area contributed by atoms with Crippen LogP contribution in [0.3, 0.4) is 0 Å². The minimum Gasteiger partial charge on any atom is -0.324 e. The molecule has 0 spiro atoms. The zero-order valence-corrected chi connectivity index (χ0v) is 12.9. The zero-order valence-electron chi connectivity index (χ0n) is 11.3. The summed E-state index contributed by atoms with van der Waals surface area (Å²) < 4.78 is 0. The highest BCUT2D eigenvalue weighted by molar-refractivity contribution is 9.10. The Balaban J connectivity index is 2.36. The van der Waals surface area contributed by atoms with Crippen LogP contribution in [-0.2, 0) is 4.79 Å². The number of amides is 1. The number of carbonyl (C=O) groups excluding carboxylic acids is 1. The predicted octanol–water partition coefficient (Wildman–Crippen LogP) is 3.90. The Kier molecular flexibility index (Phi) is 4.20. The third kappa shape index (κ3) is 2.95. The van der Waals surface area contributed by atoms with Gasteiger partial charge in [0.25, 0.3) is 0 Å². The van der Waals surface area contributed by atoms with E-state index in [1.165, 1.54) is 0 Å². The Morgan fingerprint density at radius 1 is 1.32 bits per heavy atom. The minimum absolute atomic E-state index is 0.0241. The molecule has 0 radical (unpaired) electrons. The van der Waals surface area contributed by atoms with Gasteiger partial charge >= 0.3 is 0 Å². The van der Waals surface area contributed by atoms with E-state index in [-0.39, 0.29) is 16.7 Å². The third-order valence-electron chi connectivity index (χ3n) is 3.07. The van der Waals surface area contributed by atoms with Crippen molar-refractivity contribution in [3.63, 3.8) is 0 Å². The predicted molar refractivity (Wildman–Crippen MR) is 82.7 cm³/mol. The summed E-state index contributed by atoms with van der Waals surface area (Å²) in [6.45, 7) is 6.03. The van der Waals surface area contributed by atoms with Crippen LogP contribution >= 0.6 is 15.9 Å². The standard InChI is InChI=1S/C15H17BrN2O/c1-9(2)13(16)15(19)18-12-7-6-10(3)14-11(12)5-4-8-17-14/h4-9,13H,1-3H3,(H,18,19). The van der Waals surface area contributed by atoms with Crippen LogP contribution in [0.5, 0.6) is 0 Å². The molecule has 0 aliphatic carbocycles. The van der Waals surface area contributed by atoms with Gasteiger partial charge in [-0.2, -0.15) is 0 Å². The number of carbonyl (C=O) groups is 1. The van der Waals surface area contributed by atoms with Crippen molar-refractivity contribution in [2.75, 3.05) is 5.32 Å². The molecule has 2 rings (SSSR count). The molecule has 1 aromatic carbocycles. The Labute approximate surface area is 121 Å². The molecule has 0 fully saturated rings. The Bertz CT molecular complexity index is 610. The summed E-state index contributed by atoms with van der Waals surface area (Å²) in [4.78, 5) is 16.3. The van der Waals surface area contributed by atoms with Gasteiger partial charge in [0.05, 0.1) is 16.0 Å². The van der Waals surface area contributed by atoms with E-state index in [0.717, 1.165) is 22.2 Å². The number of aromatic nitrogens is 1. The zero-order chi connectivity index (χ0) is 14.0. The number of hydrogen-bond acceptors (Lipinski definition) is 2. The van der Waals surface area contributed by atoms with Crippen molar-refractivity contribution in [3.05, 3.63) is 36.0 Å². The number of anilines is 1. The van der Waals surface area contributed by atoms with Crippen LogP contribution in [0, 0.1) is 12.8 Å². The first kappa shape index (κ1) is 14.0. The average molecular weight is 321 g/mol. The number of hydrogen-bond donors (Lipinski definition) is 1. The first-order chi connectivity index (χ1) is 9.00. The van der Waals surface area contributed by atoms with Crippen molar-refractivity contribution in [1.82, 2.24) is 4.98 Å². The van der Waals surface area contributed by atoms with Crippen molar-refractivity contribution < 1.29 is 4.79 Å². The second-order valence-electron chi connectivity index (χ2n) is 4.96. The van der Waals surface area contributed by atoms with Gasteiger partial charge < -0.3 is 5.32 Å². The lowest BCUT2D eigenvalue weighted by Gasteiger charge is -2.15. The number of fused-ring (bicyclic) bond motifs is 1. The maximum Gasteiger partial charge on any atom is 0.238 e. The molecule has 0 aliphatic heterocycles. The summed E-state index contributed by atoms with van der Waals surface area (Å²) >= 11 is 3.42. The molecule has 1 unspecified atom stereocenters. The summed E-state index contributed by atoms with van der Waals surface area (Å²) in [5.74, 6) is 0.221. The van der Waals surface area contributed by atoms with E-state index < -0.39 is 0 Å². The van der Waals surface area contributed by atoms with Crippen molar-refractivity contribution in [3.8, 4) is 0 Å². The quantitative estimate of drug-likeness (QED) is 0.871. The highest BCUT2D eigenvalue weighted by atomic mass is 79.9. The molecule has 0 bridgehead atoms. The average Bonchev–Trinajstić information content (AvgIpc) is 2.41. The maximum absolute atomic E-state index is 12.1. The lowest BCUT2D eigenvalue weighted by Crippen LogP contribution is -2.27. The number of nitrogens with one attached hydrogen (secondary N) is 1. The Morgan fingerprint density at radius 3 is 2.74 bits per heavy atom. The largest absolute Gasteiger partial charge is 0.324 e. The summed E-state index contributed by atoms with van der Waals surface area (Å²) in [6, 6.07) is 7.76. The molecule has 1 N–H and O–H groups in total. The van der Waals surface area contributed by atoms with Gasteiger partial charge in [0.2, 0.25) is 5.91 Å². The lowest BCUT2D eigenvalue weighted by molar-refractivity contribution is -0.116. The van der Waals surface area contributed by atoms with Gasteiger partial charge in [-0.15, -0.1) is 0 Å². The molecule has 2 aromatic rings. The van der Waals surface area contributed by atoms with Gasteiger partial charge in [0.15, 0.2) is 0 Å². The number of rotatable bonds is 3. The minimum atomic E-state index is -0.194. The molecule has 0 saturated carbocycles. The van der Waals surface area contributed by atoms with E-state index >= 15 is 0 Å². The Morgan fingerprint density at radius 2 is 2.05 bits per heavy atom. The number of benzene rings is 1. The number of pyridine rings is 1. The van der Waals surface area contributed by atoms with E-state index in [0.29, 0.717) is 0 Å². The van der Waals surface area contributed by atoms with Crippen LogP contribution in [0.15, 0.2) is 30.5 Å². The molecular formula is C15H17BrN2O. The van der Waals surface area contributed by atoms with E-state index in [1.54, 1.807) is 6.20 Å². The van der Waals surface area contributed by atoms with Crippen molar-refractivity contribution in [2.24, 2.45) is 5.92 Å². The molecule has 1 heterocycles. The summed E-state index contributed by atoms with van der Waals surface area (Å²) in [5, 5.41) is 3.94. The third-order valence-corrected chi connectivity index (χ3v) is 4.54. The van der Waals surface area contributed by atoms with Crippen molar-refractivity contribution in [2.45, 2.75) is 25.6 Å². The van der Waals surface area contributed by atoms with Crippen LogP contribution < -0.4 is 5.32 Å². The fourth-order valence-electron chi connectivity index (χ4n) is 1.93. The van der Waals surface area contributed by atoms with Crippen LogP contribution in [0.25, 0.3) is 10.9 Å². The first-order valence-electron chi connectivity index (χ1n) is 6.30. The van der Waals surface area contributed by atoms with E-state index in [2.05, 4.69) is 26.2 Å². The van der Waals surface area contributed by atoms with E-state index in [1.807, 2.05) is 45.0 Å². The number of nitrogens with zero attached hydrogens (tertiary/aromatic N) is 1. The van der Waals surface area contributed by atoms with Gasteiger partial charge in [-0.3, -0.25) is 9.78 Å². The normalized spacial score (nSPS) is 12.7. The van der Waals surface area contributed by atoms with Crippen LogP contribution in [0.1, 0.15) is 19.4 Å². The molecule has 4 heteroatoms. The highest BCUT2D eigenvalue weighted by Gasteiger charge is 2.19. The molecule has 3 nitrogen and oxygen atoms in total. The number of halogens is 1. The molecule has 100 valence electrons.